The number of methoxy groups -OCH3 is 1. The summed E-state index contributed by atoms with van der Waals surface area (Å²) in [5, 5.41) is 6.23. The molecular formula is C37H49N5O10S. The van der Waals surface area contributed by atoms with Gasteiger partial charge in [-0.1, -0.05) is 26.8 Å². The molecule has 4 amide bonds. The fourth-order valence-electron chi connectivity index (χ4n) is 7.23. The summed E-state index contributed by atoms with van der Waals surface area (Å²) in [7, 11) is -2.85. The number of nitrogens with zero attached hydrogens (tertiary/aromatic N) is 2. The molecule has 1 aromatic heterocycles. The van der Waals surface area contributed by atoms with E-state index in [1.807, 2.05) is 23.8 Å². The van der Waals surface area contributed by atoms with Crippen LogP contribution in [0.25, 0.3) is 10.9 Å². The fraction of sp³-hybridized carbons (Fsp3) is 0.595. The zero-order valence-corrected chi connectivity index (χ0v) is 31.6. The van der Waals surface area contributed by atoms with Crippen molar-refractivity contribution in [2.24, 2.45) is 11.3 Å². The van der Waals surface area contributed by atoms with Crippen molar-refractivity contribution in [3.8, 4) is 11.5 Å². The first kappa shape index (κ1) is 38.3. The molecule has 4 fully saturated rings. The first-order valence-corrected chi connectivity index (χ1v) is 19.5. The van der Waals surface area contributed by atoms with E-state index < -0.39 is 75.3 Å². The summed E-state index contributed by atoms with van der Waals surface area (Å²) >= 11 is 0. The zero-order valence-electron chi connectivity index (χ0n) is 30.8. The van der Waals surface area contributed by atoms with E-state index in [2.05, 4.69) is 22.2 Å². The number of hydrogen-bond acceptors (Lipinski definition) is 11. The lowest BCUT2D eigenvalue weighted by Crippen LogP contribution is -2.60. The fourth-order valence-corrected chi connectivity index (χ4v) is 8.24. The lowest BCUT2D eigenvalue weighted by Gasteiger charge is -2.35. The number of aryl methyl sites for hydroxylation is 1. The predicted molar refractivity (Wildman–Crippen MR) is 193 cm³/mol. The highest BCUT2D eigenvalue weighted by molar-refractivity contribution is 7.85. The van der Waals surface area contributed by atoms with Gasteiger partial charge in [-0.15, -0.1) is 6.58 Å². The van der Waals surface area contributed by atoms with E-state index in [1.54, 1.807) is 40.1 Å². The minimum absolute atomic E-state index is 0.0272. The maximum atomic E-state index is 14.5. The molecule has 2 aromatic rings. The van der Waals surface area contributed by atoms with Crippen molar-refractivity contribution in [2.45, 2.75) is 115 Å². The number of aromatic nitrogens is 1. The Morgan fingerprint density at radius 2 is 1.75 bits per heavy atom. The highest BCUT2D eigenvalue weighted by Crippen LogP contribution is 2.45. The third-order valence-electron chi connectivity index (χ3n) is 10.4. The average molecular weight is 756 g/mol. The second kappa shape index (κ2) is 14.8. The van der Waals surface area contributed by atoms with Crippen LogP contribution in [0.5, 0.6) is 11.5 Å². The SMILES string of the molecule is C=CC1C[C@]1(NC(=O)C1CC(Oc2ccnc3c(C)c(OC)ccc23)CN1C(=O)C(NC(=O)OC1CCCC1)C(C)(C)C)C(=O)NS(=O)(=O)OC1CC1. The van der Waals surface area contributed by atoms with Crippen molar-refractivity contribution < 1.29 is 46.0 Å². The molecule has 0 spiro atoms. The Labute approximate surface area is 309 Å². The van der Waals surface area contributed by atoms with E-state index in [0.29, 0.717) is 35.2 Å². The lowest BCUT2D eigenvalue weighted by molar-refractivity contribution is -0.143. The Bertz CT molecular complexity index is 1890. The molecule has 0 radical (unpaired) electrons. The number of nitrogens with one attached hydrogen (secondary N) is 3. The van der Waals surface area contributed by atoms with Gasteiger partial charge in [0, 0.05) is 29.5 Å². The van der Waals surface area contributed by atoms with E-state index >= 15 is 0 Å². The number of hydrogen-bond donors (Lipinski definition) is 3. The van der Waals surface area contributed by atoms with Crippen LogP contribution in [-0.4, -0.2) is 91.7 Å². The number of rotatable bonds is 13. The topological polar surface area (TPSA) is 192 Å². The quantitative estimate of drug-likeness (QED) is 0.253. The molecule has 16 heteroatoms. The van der Waals surface area contributed by atoms with Crippen LogP contribution in [0.2, 0.25) is 0 Å². The molecule has 53 heavy (non-hydrogen) atoms. The van der Waals surface area contributed by atoms with Crippen LogP contribution >= 0.6 is 0 Å². The van der Waals surface area contributed by atoms with E-state index in [0.717, 1.165) is 31.2 Å². The maximum absolute atomic E-state index is 14.5. The number of likely N-dealkylation sites (tertiary alicyclic amines) is 1. The molecule has 1 aliphatic heterocycles. The first-order valence-electron chi connectivity index (χ1n) is 18.1. The standard InChI is InChI=1S/C37H49N5O10S/c1-7-22-19-37(22,34(45)41-53(47,48)52-24-12-13-24)40-32(43)27-18-25(50-29-16-17-38-30-21(2)28(49-6)15-14-26(29)30)20-42(27)33(44)31(36(3,4)5)39-35(46)51-23-10-8-9-11-23/h7,14-17,22-25,27,31H,1,8-13,18-20H2,2-6H3,(H,39,46)(H,40,43)(H,41,45)/t22?,25?,27?,31?,37-/m1/s1. The average Bonchev–Trinajstić information content (AvgIpc) is 3.92. The zero-order chi connectivity index (χ0) is 38.3. The summed E-state index contributed by atoms with van der Waals surface area (Å²) < 4.78 is 49.7. The smallest absolute Gasteiger partial charge is 0.408 e. The molecule has 2 heterocycles. The normalized spacial score (nSPS) is 25.0. The molecule has 4 aliphatic rings. The molecule has 4 unspecified atom stereocenters. The second-order valence-corrected chi connectivity index (χ2v) is 16.8. The van der Waals surface area contributed by atoms with E-state index in [-0.39, 0.29) is 25.5 Å². The van der Waals surface area contributed by atoms with Crippen molar-refractivity contribution in [3.05, 3.63) is 42.6 Å². The Kier molecular flexibility index (Phi) is 10.7. The third kappa shape index (κ3) is 8.38. The van der Waals surface area contributed by atoms with E-state index in [4.69, 9.17) is 18.4 Å². The Balaban J connectivity index is 1.27. The Morgan fingerprint density at radius 3 is 2.38 bits per heavy atom. The first-order chi connectivity index (χ1) is 25.0. The second-order valence-electron chi connectivity index (χ2n) is 15.5. The number of ether oxygens (including phenoxy) is 3. The molecule has 1 saturated heterocycles. The van der Waals surface area contributed by atoms with E-state index in [9.17, 15) is 27.6 Å². The molecule has 0 bridgehead atoms. The maximum Gasteiger partial charge on any atom is 0.408 e. The van der Waals surface area contributed by atoms with Crippen LogP contribution in [0.1, 0.15) is 77.7 Å². The molecule has 15 nitrogen and oxygen atoms in total. The number of carbonyl (C=O) groups is 4. The number of carbonyl (C=O) groups excluding carboxylic acids is 4. The number of fused-ring (bicyclic) bond motifs is 1. The molecule has 288 valence electrons. The van der Waals surface area contributed by atoms with Crippen LogP contribution < -0.4 is 24.8 Å². The highest BCUT2D eigenvalue weighted by atomic mass is 32.2. The van der Waals surface area contributed by atoms with Crippen molar-refractivity contribution in [2.75, 3.05) is 13.7 Å². The monoisotopic (exact) mass is 755 g/mol. The predicted octanol–water partition coefficient (Wildman–Crippen LogP) is 3.58. The number of benzene rings is 1. The lowest BCUT2D eigenvalue weighted by atomic mass is 9.85. The van der Waals surface area contributed by atoms with Gasteiger partial charge in [-0.05, 0) is 75.5 Å². The summed E-state index contributed by atoms with van der Waals surface area (Å²) in [5.74, 6) is -1.62. The van der Waals surface area contributed by atoms with Gasteiger partial charge in [0.05, 0.1) is 25.3 Å². The molecule has 3 saturated carbocycles. The summed E-state index contributed by atoms with van der Waals surface area (Å²) in [6.07, 6.45) is 5.60. The number of pyridine rings is 1. The van der Waals surface area contributed by atoms with Gasteiger partial charge >= 0.3 is 16.4 Å². The van der Waals surface area contributed by atoms with Crippen LogP contribution in [0.3, 0.4) is 0 Å². The van der Waals surface area contributed by atoms with Gasteiger partial charge in [0.2, 0.25) is 11.8 Å². The van der Waals surface area contributed by atoms with Gasteiger partial charge in [-0.25, -0.2) is 9.52 Å². The summed E-state index contributed by atoms with van der Waals surface area (Å²) in [5.41, 5.74) is -0.950. The van der Waals surface area contributed by atoms with Crippen LogP contribution in [-0.2, 0) is 33.6 Å². The van der Waals surface area contributed by atoms with Gasteiger partial charge in [0.1, 0.15) is 41.3 Å². The molecular weight excluding hydrogens is 706 g/mol. The van der Waals surface area contributed by atoms with Crippen molar-refractivity contribution in [1.29, 1.82) is 0 Å². The summed E-state index contributed by atoms with van der Waals surface area (Å²) in [6.45, 7) is 11.0. The van der Waals surface area contributed by atoms with Gasteiger partial charge in [-0.3, -0.25) is 23.6 Å². The van der Waals surface area contributed by atoms with E-state index in [1.165, 1.54) is 11.0 Å². The molecule has 6 rings (SSSR count). The number of alkyl carbamates (subject to hydrolysis) is 1. The summed E-state index contributed by atoms with van der Waals surface area (Å²) in [4.78, 5) is 61.3. The Morgan fingerprint density at radius 1 is 1.04 bits per heavy atom. The minimum atomic E-state index is -4.42. The van der Waals surface area contributed by atoms with Crippen molar-refractivity contribution >= 4 is 45.0 Å². The van der Waals surface area contributed by atoms with Crippen molar-refractivity contribution in [3.63, 3.8) is 0 Å². The highest BCUT2D eigenvalue weighted by Gasteiger charge is 2.62. The van der Waals surface area contributed by atoms with Crippen LogP contribution in [0.4, 0.5) is 4.79 Å². The minimum Gasteiger partial charge on any atom is -0.496 e. The van der Waals surface area contributed by atoms with Gasteiger partial charge in [-0.2, -0.15) is 8.42 Å². The molecule has 5 atom stereocenters. The molecule has 3 aliphatic carbocycles. The summed E-state index contributed by atoms with van der Waals surface area (Å²) in [6, 6.07) is 3.09. The third-order valence-corrected chi connectivity index (χ3v) is 11.4. The van der Waals surface area contributed by atoms with Gasteiger partial charge in [0.25, 0.3) is 5.91 Å². The molecule has 1 aromatic carbocycles. The van der Waals surface area contributed by atoms with Crippen molar-refractivity contribution in [1.82, 2.24) is 25.2 Å². The molecule has 3 N–H and O–H groups in total. The Hall–Kier alpha value is -4.44. The van der Waals surface area contributed by atoms with Gasteiger partial charge in [0.15, 0.2) is 0 Å². The van der Waals surface area contributed by atoms with Gasteiger partial charge < -0.3 is 29.7 Å². The largest absolute Gasteiger partial charge is 0.496 e. The number of amides is 4. The van der Waals surface area contributed by atoms with Crippen LogP contribution in [0.15, 0.2) is 37.1 Å². The van der Waals surface area contributed by atoms with Crippen LogP contribution in [0, 0.1) is 18.3 Å².